The molecular formula is C14H21NO4. The third kappa shape index (κ3) is 5.28. The molecule has 1 amide bonds. The zero-order valence-corrected chi connectivity index (χ0v) is 11.5. The Morgan fingerprint density at radius 2 is 1.89 bits per heavy atom. The maximum Gasteiger partial charge on any atom is 0.434 e. The van der Waals surface area contributed by atoms with Crippen molar-refractivity contribution in [1.82, 2.24) is 5.06 Å². The number of carbonyl (C=O) groups is 1. The third-order valence-corrected chi connectivity index (χ3v) is 2.45. The van der Waals surface area contributed by atoms with Crippen molar-refractivity contribution < 1.29 is 19.8 Å². The van der Waals surface area contributed by atoms with Crippen molar-refractivity contribution >= 4 is 6.09 Å². The summed E-state index contributed by atoms with van der Waals surface area (Å²) in [5, 5.41) is 19.6. The Bertz CT molecular complexity index is 400. The molecule has 106 valence electrons. The lowest BCUT2D eigenvalue weighted by Crippen LogP contribution is -2.44. The van der Waals surface area contributed by atoms with Gasteiger partial charge in [-0.25, -0.2) is 4.79 Å². The van der Waals surface area contributed by atoms with Gasteiger partial charge in [0.15, 0.2) is 0 Å². The van der Waals surface area contributed by atoms with E-state index in [-0.39, 0.29) is 6.61 Å². The van der Waals surface area contributed by atoms with Crippen LogP contribution in [0.2, 0.25) is 0 Å². The number of hydrogen-bond donors (Lipinski definition) is 2. The summed E-state index contributed by atoms with van der Waals surface area (Å²) >= 11 is 0. The largest absolute Gasteiger partial charge is 0.442 e. The van der Waals surface area contributed by atoms with E-state index in [1.165, 1.54) is 0 Å². The molecule has 5 nitrogen and oxygen atoms in total. The average Bonchev–Trinajstić information content (AvgIpc) is 2.34. The van der Waals surface area contributed by atoms with Crippen molar-refractivity contribution in [3.8, 4) is 0 Å². The lowest BCUT2D eigenvalue weighted by atomic mass is 10.1. The van der Waals surface area contributed by atoms with Crippen LogP contribution in [0, 0.1) is 0 Å². The van der Waals surface area contributed by atoms with Crippen LogP contribution in [0.25, 0.3) is 0 Å². The molecule has 1 atom stereocenters. The molecule has 1 aromatic rings. The van der Waals surface area contributed by atoms with Gasteiger partial charge in [-0.3, -0.25) is 5.21 Å². The molecule has 0 aliphatic carbocycles. The van der Waals surface area contributed by atoms with Crippen molar-refractivity contribution in [2.75, 3.05) is 6.61 Å². The van der Waals surface area contributed by atoms with Crippen molar-refractivity contribution in [3.05, 3.63) is 35.9 Å². The summed E-state index contributed by atoms with van der Waals surface area (Å²) in [6.07, 6.45) is -0.505. The lowest BCUT2D eigenvalue weighted by molar-refractivity contribution is -0.128. The third-order valence-electron chi connectivity index (χ3n) is 2.45. The van der Waals surface area contributed by atoms with E-state index >= 15 is 0 Å². The number of rotatable bonds is 4. The number of aliphatic hydroxyl groups is 1. The number of amides is 1. The lowest BCUT2D eigenvalue weighted by Gasteiger charge is -2.27. The van der Waals surface area contributed by atoms with E-state index in [0.717, 1.165) is 5.56 Å². The van der Waals surface area contributed by atoms with Crippen molar-refractivity contribution in [2.45, 2.75) is 38.8 Å². The van der Waals surface area contributed by atoms with Gasteiger partial charge in [-0.2, -0.15) is 5.06 Å². The van der Waals surface area contributed by atoms with E-state index in [9.17, 15) is 15.1 Å². The molecule has 0 saturated carbocycles. The highest BCUT2D eigenvalue weighted by Gasteiger charge is 2.27. The van der Waals surface area contributed by atoms with E-state index in [2.05, 4.69) is 0 Å². The SMILES string of the molecule is CC(C)(C)OC(=O)N(O)[C@H](CO)Cc1ccccc1. The number of hydrogen-bond acceptors (Lipinski definition) is 4. The van der Waals surface area contributed by atoms with Gasteiger partial charge in [-0.15, -0.1) is 0 Å². The Morgan fingerprint density at radius 3 is 2.37 bits per heavy atom. The first-order valence-corrected chi connectivity index (χ1v) is 6.19. The fourth-order valence-electron chi connectivity index (χ4n) is 1.57. The fraction of sp³-hybridized carbons (Fsp3) is 0.500. The van der Waals surface area contributed by atoms with Gasteiger partial charge in [0, 0.05) is 0 Å². The van der Waals surface area contributed by atoms with E-state index in [4.69, 9.17) is 4.74 Å². The Balaban J connectivity index is 2.66. The number of nitrogens with zero attached hydrogens (tertiary/aromatic N) is 1. The zero-order chi connectivity index (χ0) is 14.5. The van der Waals surface area contributed by atoms with E-state index < -0.39 is 17.7 Å². The number of carbonyl (C=O) groups excluding carboxylic acids is 1. The molecule has 0 heterocycles. The van der Waals surface area contributed by atoms with Gasteiger partial charge < -0.3 is 9.84 Å². The molecule has 0 radical (unpaired) electrons. The Hall–Kier alpha value is -1.59. The van der Waals surface area contributed by atoms with Gasteiger partial charge in [0.05, 0.1) is 12.6 Å². The van der Waals surface area contributed by atoms with Crippen molar-refractivity contribution in [2.24, 2.45) is 0 Å². The van der Waals surface area contributed by atoms with Gasteiger partial charge in [-0.05, 0) is 32.8 Å². The van der Waals surface area contributed by atoms with Gasteiger partial charge in [-0.1, -0.05) is 30.3 Å². The molecule has 2 N–H and O–H groups in total. The first-order chi connectivity index (χ1) is 8.83. The highest BCUT2D eigenvalue weighted by Crippen LogP contribution is 2.13. The van der Waals surface area contributed by atoms with Crippen molar-refractivity contribution in [3.63, 3.8) is 0 Å². The minimum atomic E-state index is -0.859. The second-order valence-electron chi connectivity index (χ2n) is 5.35. The fourth-order valence-corrected chi connectivity index (χ4v) is 1.57. The Labute approximate surface area is 113 Å². The molecule has 0 spiro atoms. The zero-order valence-electron chi connectivity index (χ0n) is 11.5. The molecule has 1 aromatic carbocycles. The maximum atomic E-state index is 11.7. The molecule has 1 rings (SSSR count). The first kappa shape index (κ1) is 15.5. The minimum absolute atomic E-state index is 0.343. The number of aliphatic hydroxyl groups excluding tert-OH is 1. The van der Waals surface area contributed by atoms with Gasteiger partial charge >= 0.3 is 6.09 Å². The molecule has 0 saturated heterocycles. The second-order valence-corrected chi connectivity index (χ2v) is 5.35. The number of benzene rings is 1. The predicted octanol–water partition coefficient (Wildman–Crippen LogP) is 2.22. The van der Waals surface area contributed by atoms with Crippen LogP contribution in [0.1, 0.15) is 26.3 Å². The van der Waals surface area contributed by atoms with Gasteiger partial charge in [0.1, 0.15) is 5.60 Å². The van der Waals surface area contributed by atoms with Crippen LogP contribution in [0.3, 0.4) is 0 Å². The van der Waals surface area contributed by atoms with E-state index in [1.54, 1.807) is 20.8 Å². The molecule has 0 aliphatic heterocycles. The van der Waals surface area contributed by atoms with Crippen molar-refractivity contribution in [1.29, 1.82) is 0 Å². The van der Waals surface area contributed by atoms with Gasteiger partial charge in [0.25, 0.3) is 0 Å². The highest BCUT2D eigenvalue weighted by atomic mass is 16.6. The van der Waals surface area contributed by atoms with Crippen LogP contribution < -0.4 is 0 Å². The quantitative estimate of drug-likeness (QED) is 0.648. The Kier molecular flexibility index (Phi) is 5.32. The summed E-state index contributed by atoms with van der Waals surface area (Å²) in [7, 11) is 0. The predicted molar refractivity (Wildman–Crippen MR) is 70.9 cm³/mol. The molecular weight excluding hydrogens is 246 g/mol. The van der Waals surface area contributed by atoms with Crippen LogP contribution in [0.15, 0.2) is 30.3 Å². The number of hydroxylamine groups is 2. The molecule has 0 aromatic heterocycles. The second kappa shape index (κ2) is 6.54. The number of ether oxygens (including phenoxy) is 1. The molecule has 0 bridgehead atoms. The summed E-state index contributed by atoms with van der Waals surface area (Å²) in [6.45, 7) is 4.79. The molecule has 5 heteroatoms. The topological polar surface area (TPSA) is 70.0 Å². The summed E-state index contributed by atoms with van der Waals surface area (Å²) < 4.78 is 5.05. The Morgan fingerprint density at radius 1 is 1.32 bits per heavy atom. The summed E-state index contributed by atoms with van der Waals surface area (Å²) in [5.74, 6) is 0. The summed E-state index contributed by atoms with van der Waals surface area (Å²) in [5.41, 5.74) is 0.231. The standard InChI is InChI=1S/C14H21NO4/c1-14(2,3)19-13(17)15(18)12(10-16)9-11-7-5-4-6-8-11/h4-8,12,16,18H,9-10H2,1-3H3/t12-/m0/s1. The van der Waals surface area contributed by atoms with Crippen LogP contribution in [-0.2, 0) is 11.2 Å². The summed E-state index contributed by atoms with van der Waals surface area (Å²) in [4.78, 5) is 11.7. The summed E-state index contributed by atoms with van der Waals surface area (Å²) in [6, 6.07) is 8.61. The average molecular weight is 267 g/mol. The van der Waals surface area contributed by atoms with Crippen LogP contribution >= 0.6 is 0 Å². The van der Waals surface area contributed by atoms with E-state index in [1.807, 2.05) is 30.3 Å². The molecule has 19 heavy (non-hydrogen) atoms. The minimum Gasteiger partial charge on any atom is -0.442 e. The maximum absolute atomic E-state index is 11.7. The smallest absolute Gasteiger partial charge is 0.434 e. The first-order valence-electron chi connectivity index (χ1n) is 6.19. The normalized spacial score (nSPS) is 12.9. The molecule has 0 fully saturated rings. The van der Waals surface area contributed by atoms with Crippen LogP contribution in [0.4, 0.5) is 4.79 Å². The highest BCUT2D eigenvalue weighted by molar-refractivity contribution is 5.67. The van der Waals surface area contributed by atoms with Crippen LogP contribution in [0.5, 0.6) is 0 Å². The monoisotopic (exact) mass is 267 g/mol. The molecule has 0 unspecified atom stereocenters. The van der Waals surface area contributed by atoms with Gasteiger partial charge in [0.2, 0.25) is 0 Å². The molecule has 0 aliphatic rings. The van der Waals surface area contributed by atoms with E-state index in [0.29, 0.717) is 11.5 Å². The van der Waals surface area contributed by atoms with Crippen LogP contribution in [-0.4, -0.2) is 39.7 Å².